The third-order valence-corrected chi connectivity index (χ3v) is 3.80. The Balaban J connectivity index is 2.06. The van der Waals surface area contributed by atoms with Crippen molar-refractivity contribution in [1.82, 2.24) is 15.8 Å². The van der Waals surface area contributed by atoms with Gasteiger partial charge in [-0.3, -0.25) is 20.4 Å². The van der Waals surface area contributed by atoms with Gasteiger partial charge in [0.1, 0.15) is 5.69 Å². The quantitative estimate of drug-likeness (QED) is 0.731. The number of nitrogens with one attached hydrogen (secondary N) is 2. The lowest BCUT2D eigenvalue weighted by Gasteiger charge is -2.30. The average molecular weight is 397 g/mol. The summed E-state index contributed by atoms with van der Waals surface area (Å²) in [5.41, 5.74) is 0.744. The van der Waals surface area contributed by atoms with Crippen LogP contribution >= 0.6 is 0 Å². The molecule has 28 heavy (non-hydrogen) atoms. The third kappa shape index (κ3) is 4.97. The molecule has 2 amide bonds. The summed E-state index contributed by atoms with van der Waals surface area (Å²) in [7, 11) is 1.34. The second kappa shape index (κ2) is 8.70. The van der Waals surface area contributed by atoms with Crippen molar-refractivity contribution in [3.8, 4) is 5.88 Å². The molecule has 0 aliphatic carbocycles. The number of halogens is 3. The summed E-state index contributed by atoms with van der Waals surface area (Å²) < 4.78 is 50.2. The van der Waals surface area contributed by atoms with Crippen LogP contribution in [-0.4, -0.2) is 35.7 Å². The first-order valence-corrected chi connectivity index (χ1v) is 8.04. The van der Waals surface area contributed by atoms with E-state index in [1.807, 2.05) is 5.43 Å². The highest BCUT2D eigenvalue weighted by Gasteiger charge is 2.58. The zero-order chi connectivity index (χ0) is 20.8. The molecule has 2 aromatic rings. The van der Waals surface area contributed by atoms with E-state index in [9.17, 15) is 22.8 Å². The topological polar surface area (TPSA) is 89.6 Å². The van der Waals surface area contributed by atoms with E-state index < -0.39 is 30.2 Å². The Morgan fingerprint density at radius 2 is 1.71 bits per heavy atom. The van der Waals surface area contributed by atoms with Crippen molar-refractivity contribution in [2.24, 2.45) is 0 Å². The summed E-state index contributed by atoms with van der Waals surface area (Å²) in [4.78, 5) is 28.0. The van der Waals surface area contributed by atoms with Gasteiger partial charge in [-0.05, 0) is 18.6 Å². The van der Waals surface area contributed by atoms with Gasteiger partial charge in [-0.25, -0.2) is 4.98 Å². The van der Waals surface area contributed by atoms with E-state index in [1.54, 1.807) is 35.8 Å². The highest BCUT2D eigenvalue weighted by atomic mass is 19.4. The number of methoxy groups -OCH3 is 1. The minimum Gasteiger partial charge on any atom is -0.481 e. The number of carbonyl (C=O) groups excluding carboxylic acids is 2. The molecule has 2 N–H and O–H groups in total. The molecule has 0 spiro atoms. The Bertz CT molecular complexity index is 830. The molecule has 1 heterocycles. The summed E-state index contributed by atoms with van der Waals surface area (Å²) >= 11 is 0. The fourth-order valence-corrected chi connectivity index (χ4v) is 2.03. The van der Waals surface area contributed by atoms with E-state index in [1.165, 1.54) is 25.3 Å². The standard InChI is InChI=1S/C18H18F3N3O4/c1-17(18(19,20)21,28-11-12-7-4-3-5-8-12)16(26)24-23-15(25)13-9-6-10-14(22-13)27-2/h3-10H,11H2,1-2H3,(H,23,25)(H,24,26). The second-order valence-electron chi connectivity index (χ2n) is 5.78. The number of benzene rings is 1. The van der Waals surface area contributed by atoms with Crippen LogP contribution in [0.15, 0.2) is 48.5 Å². The molecule has 0 bridgehead atoms. The molecule has 1 unspecified atom stereocenters. The number of alkyl halides is 3. The van der Waals surface area contributed by atoms with Crippen LogP contribution in [0.3, 0.4) is 0 Å². The molecule has 10 heteroatoms. The summed E-state index contributed by atoms with van der Waals surface area (Å²) in [6.45, 7) is 0.136. The average Bonchev–Trinajstić information content (AvgIpc) is 2.69. The summed E-state index contributed by atoms with van der Waals surface area (Å²) in [6.07, 6.45) is -5.02. The highest BCUT2D eigenvalue weighted by molar-refractivity contribution is 5.95. The van der Waals surface area contributed by atoms with E-state index in [0.29, 0.717) is 12.5 Å². The van der Waals surface area contributed by atoms with E-state index in [4.69, 9.17) is 9.47 Å². The highest BCUT2D eigenvalue weighted by Crippen LogP contribution is 2.34. The van der Waals surface area contributed by atoms with E-state index >= 15 is 0 Å². The lowest BCUT2D eigenvalue weighted by molar-refractivity contribution is -0.264. The summed E-state index contributed by atoms with van der Waals surface area (Å²) in [5.74, 6) is -2.36. The molecular weight excluding hydrogens is 379 g/mol. The van der Waals surface area contributed by atoms with Gasteiger partial charge in [-0.15, -0.1) is 0 Å². The lowest BCUT2D eigenvalue weighted by Crippen LogP contribution is -2.60. The largest absolute Gasteiger partial charge is 0.481 e. The number of amides is 2. The molecule has 0 fully saturated rings. The number of hydrogen-bond acceptors (Lipinski definition) is 5. The monoisotopic (exact) mass is 397 g/mol. The molecule has 0 aliphatic heterocycles. The molecule has 0 radical (unpaired) electrons. The zero-order valence-electron chi connectivity index (χ0n) is 15.0. The molecule has 2 rings (SSSR count). The number of nitrogens with zero attached hydrogens (tertiary/aromatic N) is 1. The predicted molar refractivity (Wildman–Crippen MR) is 92.1 cm³/mol. The molecule has 0 aliphatic rings. The van der Waals surface area contributed by atoms with Crippen LogP contribution in [0.5, 0.6) is 5.88 Å². The number of hydrazine groups is 1. The van der Waals surface area contributed by atoms with Gasteiger partial charge >= 0.3 is 6.18 Å². The van der Waals surface area contributed by atoms with Crippen molar-refractivity contribution < 1.29 is 32.2 Å². The minimum atomic E-state index is -5.02. The SMILES string of the molecule is COc1cccc(C(=O)NNC(=O)C(C)(OCc2ccccc2)C(F)(F)F)n1. The van der Waals surface area contributed by atoms with Crippen LogP contribution < -0.4 is 15.6 Å². The Labute approximate surface area is 158 Å². The van der Waals surface area contributed by atoms with Crippen molar-refractivity contribution in [2.45, 2.75) is 25.3 Å². The smallest absolute Gasteiger partial charge is 0.426 e. The van der Waals surface area contributed by atoms with Crippen LogP contribution in [0.4, 0.5) is 13.2 Å². The predicted octanol–water partition coefficient (Wildman–Crippen LogP) is 2.39. The molecule has 1 aromatic heterocycles. The van der Waals surface area contributed by atoms with Gasteiger partial charge in [0.2, 0.25) is 11.5 Å². The number of hydrogen-bond donors (Lipinski definition) is 2. The number of ether oxygens (including phenoxy) is 2. The molecule has 7 nitrogen and oxygen atoms in total. The summed E-state index contributed by atoms with van der Waals surface area (Å²) in [5, 5.41) is 0. The van der Waals surface area contributed by atoms with Crippen LogP contribution in [-0.2, 0) is 16.1 Å². The van der Waals surface area contributed by atoms with Gasteiger partial charge < -0.3 is 9.47 Å². The Kier molecular flexibility index (Phi) is 6.57. The number of pyridine rings is 1. The van der Waals surface area contributed by atoms with E-state index in [0.717, 1.165) is 0 Å². The third-order valence-electron chi connectivity index (χ3n) is 3.80. The molecule has 150 valence electrons. The Morgan fingerprint density at radius 1 is 1.04 bits per heavy atom. The van der Waals surface area contributed by atoms with Crippen molar-refractivity contribution in [1.29, 1.82) is 0 Å². The maximum atomic E-state index is 13.5. The Hall–Kier alpha value is -3.14. The van der Waals surface area contributed by atoms with Gasteiger partial charge in [0.25, 0.3) is 11.8 Å². The molecule has 0 saturated carbocycles. The minimum absolute atomic E-state index is 0.130. The first-order valence-electron chi connectivity index (χ1n) is 8.04. The first kappa shape index (κ1) is 21.2. The number of carbonyl (C=O) groups is 2. The molecule has 0 saturated heterocycles. The van der Waals surface area contributed by atoms with Gasteiger partial charge in [-0.1, -0.05) is 36.4 Å². The maximum Gasteiger partial charge on any atom is 0.426 e. The lowest BCUT2D eigenvalue weighted by atomic mass is 10.1. The van der Waals surface area contributed by atoms with Crippen LogP contribution in [0.2, 0.25) is 0 Å². The fourth-order valence-electron chi connectivity index (χ4n) is 2.03. The summed E-state index contributed by atoms with van der Waals surface area (Å²) in [6, 6.07) is 12.3. The van der Waals surface area contributed by atoms with Crippen molar-refractivity contribution in [3.63, 3.8) is 0 Å². The van der Waals surface area contributed by atoms with Gasteiger partial charge in [0.15, 0.2) is 0 Å². The fraction of sp³-hybridized carbons (Fsp3) is 0.278. The number of rotatable bonds is 6. The normalized spacial score (nSPS) is 13.3. The van der Waals surface area contributed by atoms with Crippen molar-refractivity contribution in [3.05, 3.63) is 59.8 Å². The molecule has 1 aromatic carbocycles. The second-order valence-corrected chi connectivity index (χ2v) is 5.78. The maximum absolute atomic E-state index is 13.5. The van der Waals surface area contributed by atoms with Crippen molar-refractivity contribution >= 4 is 11.8 Å². The van der Waals surface area contributed by atoms with E-state index in [-0.39, 0.29) is 11.6 Å². The van der Waals surface area contributed by atoms with E-state index in [2.05, 4.69) is 4.98 Å². The van der Waals surface area contributed by atoms with Crippen LogP contribution in [0.25, 0.3) is 0 Å². The van der Waals surface area contributed by atoms with Crippen LogP contribution in [0, 0.1) is 0 Å². The van der Waals surface area contributed by atoms with Crippen LogP contribution in [0.1, 0.15) is 23.0 Å². The van der Waals surface area contributed by atoms with Gasteiger partial charge in [-0.2, -0.15) is 13.2 Å². The molecular formula is C18H18F3N3O4. The number of aromatic nitrogens is 1. The van der Waals surface area contributed by atoms with Gasteiger partial charge in [0, 0.05) is 6.07 Å². The zero-order valence-corrected chi connectivity index (χ0v) is 15.0. The Morgan fingerprint density at radius 3 is 2.32 bits per heavy atom. The van der Waals surface area contributed by atoms with Crippen molar-refractivity contribution in [2.75, 3.05) is 7.11 Å². The molecule has 1 atom stereocenters. The first-order chi connectivity index (χ1) is 13.2. The van der Waals surface area contributed by atoms with Gasteiger partial charge in [0.05, 0.1) is 13.7 Å².